The van der Waals surface area contributed by atoms with Crippen molar-refractivity contribution in [2.24, 2.45) is 0 Å². The summed E-state index contributed by atoms with van der Waals surface area (Å²) in [6, 6.07) is 0. The van der Waals surface area contributed by atoms with Crippen LogP contribution in [0.5, 0.6) is 0 Å². The van der Waals surface area contributed by atoms with E-state index in [-0.39, 0.29) is 6.29 Å². The van der Waals surface area contributed by atoms with E-state index in [0.29, 0.717) is 13.1 Å². The molecule has 0 aliphatic carbocycles. The van der Waals surface area contributed by atoms with E-state index < -0.39 is 6.29 Å². The van der Waals surface area contributed by atoms with Gasteiger partial charge < -0.3 is 14.2 Å². The van der Waals surface area contributed by atoms with Crippen molar-refractivity contribution in [1.29, 1.82) is 0 Å². The normalized spacial score (nSPS) is 34.3. The van der Waals surface area contributed by atoms with Gasteiger partial charge in [-0.1, -0.05) is 0 Å². The number of hydrogen-bond acceptors (Lipinski definition) is 4. The quantitative estimate of drug-likeness (QED) is 0.491. The lowest BCUT2D eigenvalue weighted by Crippen LogP contribution is -2.13. The minimum absolute atomic E-state index is 0.255. The number of carbonyl (C=O) groups is 1. The van der Waals surface area contributed by atoms with Crippen LogP contribution in [0.1, 0.15) is 6.92 Å². The highest BCUT2D eigenvalue weighted by Gasteiger charge is 2.22. The minimum Gasteiger partial charge on any atom is -0.435 e. The zero-order chi connectivity index (χ0) is 6.69. The average molecular weight is 132 g/mol. The topological polar surface area (TPSA) is 44.8 Å². The van der Waals surface area contributed by atoms with E-state index in [1.165, 1.54) is 0 Å². The molecule has 52 valence electrons. The van der Waals surface area contributed by atoms with Gasteiger partial charge >= 0.3 is 0 Å². The van der Waals surface area contributed by atoms with E-state index in [2.05, 4.69) is 4.74 Å². The summed E-state index contributed by atoms with van der Waals surface area (Å²) in [5.74, 6) is 0. The summed E-state index contributed by atoms with van der Waals surface area (Å²) in [6.07, 6.45) is -0.757. The first kappa shape index (κ1) is 6.51. The Kier molecular flexibility index (Phi) is 2.02. The van der Waals surface area contributed by atoms with E-state index >= 15 is 0 Å². The van der Waals surface area contributed by atoms with Gasteiger partial charge in [0.15, 0.2) is 6.29 Å². The summed E-state index contributed by atoms with van der Waals surface area (Å²) >= 11 is 0. The van der Waals surface area contributed by atoms with Gasteiger partial charge in [0.25, 0.3) is 6.47 Å². The Labute approximate surface area is 52.7 Å². The van der Waals surface area contributed by atoms with E-state index in [9.17, 15) is 4.79 Å². The van der Waals surface area contributed by atoms with Crippen LogP contribution >= 0.6 is 0 Å². The van der Waals surface area contributed by atoms with Gasteiger partial charge in [0.2, 0.25) is 6.29 Å². The first-order chi connectivity index (χ1) is 4.33. The van der Waals surface area contributed by atoms with Gasteiger partial charge in [-0.05, 0) is 6.92 Å². The van der Waals surface area contributed by atoms with Gasteiger partial charge in [-0.3, -0.25) is 4.79 Å². The standard InChI is InChI=1S/C5H8O4/c1-4-7-2-5(9-4)8-3-6/h3-5H,2H2,1H3. The van der Waals surface area contributed by atoms with Crippen molar-refractivity contribution >= 4 is 6.47 Å². The lowest BCUT2D eigenvalue weighted by atomic mass is 10.7. The van der Waals surface area contributed by atoms with Crippen molar-refractivity contribution < 1.29 is 19.0 Å². The van der Waals surface area contributed by atoms with E-state index in [1.54, 1.807) is 6.92 Å². The summed E-state index contributed by atoms with van der Waals surface area (Å²) in [6.45, 7) is 2.43. The number of ether oxygens (including phenoxy) is 3. The third kappa shape index (κ3) is 1.65. The van der Waals surface area contributed by atoms with Crippen LogP contribution in [-0.4, -0.2) is 25.7 Å². The summed E-state index contributed by atoms with van der Waals surface area (Å²) in [7, 11) is 0. The number of rotatable bonds is 2. The maximum atomic E-state index is 9.71. The van der Waals surface area contributed by atoms with Crippen LogP contribution in [0.3, 0.4) is 0 Å². The van der Waals surface area contributed by atoms with Crippen LogP contribution in [0.4, 0.5) is 0 Å². The third-order valence-corrected chi connectivity index (χ3v) is 1.02. The van der Waals surface area contributed by atoms with Crippen molar-refractivity contribution in [3.05, 3.63) is 0 Å². The molecule has 0 aromatic rings. The molecule has 0 amide bonds. The zero-order valence-electron chi connectivity index (χ0n) is 5.07. The highest BCUT2D eigenvalue weighted by atomic mass is 16.8. The van der Waals surface area contributed by atoms with Crippen LogP contribution in [0.15, 0.2) is 0 Å². The van der Waals surface area contributed by atoms with Gasteiger partial charge in [0.05, 0.1) is 0 Å². The van der Waals surface area contributed by atoms with E-state index in [1.807, 2.05) is 0 Å². The summed E-state index contributed by atoms with van der Waals surface area (Å²) < 4.78 is 14.3. The minimum atomic E-state index is -0.502. The Morgan fingerprint density at radius 3 is 3.00 bits per heavy atom. The van der Waals surface area contributed by atoms with Crippen LogP contribution in [-0.2, 0) is 19.0 Å². The molecule has 4 heteroatoms. The Morgan fingerprint density at radius 1 is 1.78 bits per heavy atom. The van der Waals surface area contributed by atoms with Gasteiger partial charge in [0.1, 0.15) is 6.61 Å². The Hall–Kier alpha value is -0.610. The van der Waals surface area contributed by atoms with E-state index in [0.717, 1.165) is 0 Å². The van der Waals surface area contributed by atoms with E-state index in [4.69, 9.17) is 9.47 Å². The molecule has 1 rings (SSSR count). The van der Waals surface area contributed by atoms with Crippen molar-refractivity contribution in [3.8, 4) is 0 Å². The molecule has 1 saturated heterocycles. The zero-order valence-corrected chi connectivity index (χ0v) is 5.07. The number of hydrogen-bond donors (Lipinski definition) is 0. The molecule has 0 bridgehead atoms. The van der Waals surface area contributed by atoms with Gasteiger partial charge in [0, 0.05) is 0 Å². The van der Waals surface area contributed by atoms with Crippen molar-refractivity contribution in [2.45, 2.75) is 19.5 Å². The molecular formula is C5H8O4. The van der Waals surface area contributed by atoms with Gasteiger partial charge in [-0.25, -0.2) is 0 Å². The molecule has 1 aliphatic heterocycles. The lowest BCUT2D eigenvalue weighted by Gasteiger charge is -2.03. The fourth-order valence-corrected chi connectivity index (χ4v) is 0.640. The van der Waals surface area contributed by atoms with Crippen LogP contribution < -0.4 is 0 Å². The second-order valence-electron chi connectivity index (χ2n) is 1.70. The predicted molar refractivity (Wildman–Crippen MR) is 27.4 cm³/mol. The Morgan fingerprint density at radius 2 is 2.56 bits per heavy atom. The maximum Gasteiger partial charge on any atom is 0.295 e. The van der Waals surface area contributed by atoms with Gasteiger partial charge in [-0.2, -0.15) is 0 Å². The summed E-state index contributed by atoms with van der Waals surface area (Å²) in [4.78, 5) is 9.71. The summed E-state index contributed by atoms with van der Waals surface area (Å²) in [5, 5.41) is 0. The van der Waals surface area contributed by atoms with Crippen molar-refractivity contribution in [3.63, 3.8) is 0 Å². The molecule has 0 spiro atoms. The molecule has 2 unspecified atom stereocenters. The first-order valence-electron chi connectivity index (χ1n) is 2.69. The Balaban J connectivity index is 2.21. The molecule has 1 aliphatic rings. The highest BCUT2D eigenvalue weighted by Crippen LogP contribution is 2.09. The lowest BCUT2D eigenvalue weighted by molar-refractivity contribution is -0.159. The molecule has 1 heterocycles. The van der Waals surface area contributed by atoms with Crippen LogP contribution in [0.2, 0.25) is 0 Å². The molecule has 4 nitrogen and oxygen atoms in total. The largest absolute Gasteiger partial charge is 0.435 e. The van der Waals surface area contributed by atoms with Crippen molar-refractivity contribution in [2.75, 3.05) is 6.61 Å². The second-order valence-corrected chi connectivity index (χ2v) is 1.70. The predicted octanol–water partition coefficient (Wildman–Crippen LogP) is -0.122. The first-order valence-corrected chi connectivity index (χ1v) is 2.69. The highest BCUT2D eigenvalue weighted by molar-refractivity contribution is 5.37. The average Bonchev–Trinajstić information content (AvgIpc) is 2.17. The third-order valence-electron chi connectivity index (χ3n) is 1.02. The molecule has 0 aromatic carbocycles. The molecule has 9 heavy (non-hydrogen) atoms. The molecule has 0 radical (unpaired) electrons. The van der Waals surface area contributed by atoms with Gasteiger partial charge in [-0.15, -0.1) is 0 Å². The summed E-state index contributed by atoms with van der Waals surface area (Å²) in [5.41, 5.74) is 0. The van der Waals surface area contributed by atoms with Crippen LogP contribution in [0, 0.1) is 0 Å². The fourth-order valence-electron chi connectivity index (χ4n) is 0.640. The molecule has 0 saturated carbocycles. The van der Waals surface area contributed by atoms with Crippen molar-refractivity contribution in [1.82, 2.24) is 0 Å². The Bertz CT molecular complexity index is 103. The second kappa shape index (κ2) is 2.80. The smallest absolute Gasteiger partial charge is 0.295 e. The monoisotopic (exact) mass is 132 g/mol. The molecular weight excluding hydrogens is 124 g/mol. The molecule has 0 aromatic heterocycles. The number of carbonyl (C=O) groups excluding carboxylic acids is 1. The molecule has 2 atom stereocenters. The maximum absolute atomic E-state index is 9.71. The molecule has 1 fully saturated rings. The molecule has 0 N–H and O–H groups in total. The van der Waals surface area contributed by atoms with Crippen LogP contribution in [0.25, 0.3) is 0 Å². The SMILES string of the molecule is CC1OCC(OC=O)O1. The fraction of sp³-hybridized carbons (Fsp3) is 0.800.